The van der Waals surface area contributed by atoms with Crippen LogP contribution in [-0.4, -0.2) is 40.9 Å². The molecule has 1 amide bonds. The third-order valence-corrected chi connectivity index (χ3v) is 2.65. The summed E-state index contributed by atoms with van der Waals surface area (Å²) >= 11 is 0. The molecule has 0 radical (unpaired) electrons. The standard InChI is InChI=1S/C12H23NO3/c1-9-5-6-13(8-10(14)7-9)11(15)16-12(2,3)4/h9-10,14H,5-8H2,1-4H3. The Morgan fingerprint density at radius 1 is 1.44 bits per heavy atom. The highest BCUT2D eigenvalue weighted by Gasteiger charge is 2.27. The lowest BCUT2D eigenvalue weighted by Crippen LogP contribution is -2.40. The highest BCUT2D eigenvalue weighted by atomic mass is 16.6. The number of likely N-dealkylation sites (tertiary alicyclic amines) is 1. The number of carbonyl (C=O) groups is 1. The van der Waals surface area contributed by atoms with Crippen molar-refractivity contribution >= 4 is 6.09 Å². The number of carbonyl (C=O) groups excluding carboxylic acids is 1. The molecule has 2 unspecified atom stereocenters. The maximum absolute atomic E-state index is 11.8. The van der Waals surface area contributed by atoms with Crippen LogP contribution >= 0.6 is 0 Å². The van der Waals surface area contributed by atoms with E-state index in [1.54, 1.807) is 4.90 Å². The molecule has 0 aromatic rings. The fourth-order valence-electron chi connectivity index (χ4n) is 1.87. The third-order valence-electron chi connectivity index (χ3n) is 2.65. The summed E-state index contributed by atoms with van der Waals surface area (Å²) in [6.45, 7) is 8.71. The smallest absolute Gasteiger partial charge is 0.410 e. The largest absolute Gasteiger partial charge is 0.444 e. The summed E-state index contributed by atoms with van der Waals surface area (Å²) in [5.74, 6) is 0.461. The molecule has 1 rings (SSSR count). The second-order valence-corrected chi connectivity index (χ2v) is 5.71. The van der Waals surface area contributed by atoms with Crippen molar-refractivity contribution in [3.05, 3.63) is 0 Å². The molecule has 16 heavy (non-hydrogen) atoms. The van der Waals surface area contributed by atoms with Crippen LogP contribution in [0.5, 0.6) is 0 Å². The fourth-order valence-corrected chi connectivity index (χ4v) is 1.87. The first-order valence-electron chi connectivity index (χ1n) is 5.94. The van der Waals surface area contributed by atoms with Crippen LogP contribution in [0, 0.1) is 5.92 Å². The summed E-state index contributed by atoms with van der Waals surface area (Å²) in [6, 6.07) is 0. The monoisotopic (exact) mass is 229 g/mol. The van der Waals surface area contributed by atoms with Crippen LogP contribution in [0.3, 0.4) is 0 Å². The minimum atomic E-state index is -0.472. The van der Waals surface area contributed by atoms with E-state index in [4.69, 9.17) is 4.74 Å². The van der Waals surface area contributed by atoms with Gasteiger partial charge in [0.1, 0.15) is 5.60 Å². The first kappa shape index (κ1) is 13.3. The topological polar surface area (TPSA) is 49.8 Å². The predicted octanol–water partition coefficient (Wildman–Crippen LogP) is 2.01. The molecule has 1 N–H and O–H groups in total. The van der Waals surface area contributed by atoms with E-state index < -0.39 is 11.7 Å². The zero-order valence-corrected chi connectivity index (χ0v) is 10.7. The van der Waals surface area contributed by atoms with Crippen LogP contribution < -0.4 is 0 Å². The molecule has 1 fully saturated rings. The van der Waals surface area contributed by atoms with Crippen molar-refractivity contribution in [3.8, 4) is 0 Å². The number of hydrogen-bond donors (Lipinski definition) is 1. The normalized spacial score (nSPS) is 27.4. The molecule has 1 aliphatic rings. The first-order chi connectivity index (χ1) is 7.28. The summed E-state index contributed by atoms with van der Waals surface area (Å²) in [6.07, 6.45) is 0.945. The number of aliphatic hydroxyl groups excluding tert-OH is 1. The van der Waals surface area contributed by atoms with Gasteiger partial charge in [0.15, 0.2) is 0 Å². The molecule has 0 aromatic carbocycles. The van der Waals surface area contributed by atoms with Crippen molar-refractivity contribution in [3.63, 3.8) is 0 Å². The lowest BCUT2D eigenvalue weighted by atomic mass is 10.0. The van der Waals surface area contributed by atoms with Gasteiger partial charge in [0.05, 0.1) is 6.10 Å². The Bertz CT molecular complexity index is 247. The quantitative estimate of drug-likeness (QED) is 0.691. The van der Waals surface area contributed by atoms with Crippen molar-refractivity contribution in [1.29, 1.82) is 0 Å². The van der Waals surface area contributed by atoms with Gasteiger partial charge in [0.25, 0.3) is 0 Å². The van der Waals surface area contributed by atoms with Gasteiger partial charge < -0.3 is 14.7 Å². The molecule has 4 heteroatoms. The average Bonchev–Trinajstić information content (AvgIpc) is 2.23. The zero-order valence-electron chi connectivity index (χ0n) is 10.7. The Kier molecular flexibility index (Phi) is 4.19. The highest BCUT2D eigenvalue weighted by molar-refractivity contribution is 5.68. The Morgan fingerprint density at radius 3 is 2.62 bits per heavy atom. The fraction of sp³-hybridized carbons (Fsp3) is 0.917. The minimum absolute atomic E-state index is 0.319. The van der Waals surface area contributed by atoms with E-state index in [2.05, 4.69) is 6.92 Å². The van der Waals surface area contributed by atoms with Crippen molar-refractivity contribution in [2.75, 3.05) is 13.1 Å². The summed E-state index contributed by atoms with van der Waals surface area (Å²) in [7, 11) is 0. The first-order valence-corrected chi connectivity index (χ1v) is 5.94. The van der Waals surface area contributed by atoms with E-state index in [0.29, 0.717) is 19.0 Å². The molecule has 4 nitrogen and oxygen atoms in total. The molecular formula is C12H23NO3. The Hall–Kier alpha value is -0.770. The van der Waals surface area contributed by atoms with Crippen LogP contribution in [0.15, 0.2) is 0 Å². The number of amides is 1. The Morgan fingerprint density at radius 2 is 2.06 bits per heavy atom. The van der Waals surface area contributed by atoms with Gasteiger partial charge >= 0.3 is 6.09 Å². The predicted molar refractivity (Wildman–Crippen MR) is 62.2 cm³/mol. The van der Waals surface area contributed by atoms with Crippen LogP contribution in [0.1, 0.15) is 40.5 Å². The summed E-state index contributed by atoms with van der Waals surface area (Å²) in [5, 5.41) is 9.73. The molecular weight excluding hydrogens is 206 g/mol. The highest BCUT2D eigenvalue weighted by Crippen LogP contribution is 2.19. The molecule has 94 valence electrons. The molecule has 0 spiro atoms. The molecule has 1 heterocycles. The summed E-state index contributed by atoms with van der Waals surface area (Å²) in [5.41, 5.74) is -0.472. The van der Waals surface area contributed by atoms with Gasteiger partial charge in [-0.3, -0.25) is 0 Å². The number of β-amino-alcohol motifs (C(OH)–C–C–N with tert-alkyl or cyclic N) is 1. The average molecular weight is 229 g/mol. The van der Waals surface area contributed by atoms with Crippen LogP contribution in [0.25, 0.3) is 0 Å². The van der Waals surface area contributed by atoms with Gasteiger partial charge in [-0.25, -0.2) is 4.79 Å². The van der Waals surface area contributed by atoms with Crippen LogP contribution in [-0.2, 0) is 4.74 Å². The number of ether oxygens (including phenoxy) is 1. The number of nitrogens with zero attached hydrogens (tertiary/aromatic N) is 1. The molecule has 0 aromatic heterocycles. The Labute approximate surface area is 97.6 Å². The van der Waals surface area contributed by atoms with E-state index in [1.807, 2.05) is 20.8 Å². The number of rotatable bonds is 0. The van der Waals surface area contributed by atoms with Gasteiger partial charge in [0.2, 0.25) is 0 Å². The summed E-state index contributed by atoms with van der Waals surface area (Å²) in [4.78, 5) is 13.4. The number of hydrogen-bond acceptors (Lipinski definition) is 3. The van der Waals surface area contributed by atoms with Gasteiger partial charge in [-0.2, -0.15) is 0 Å². The maximum Gasteiger partial charge on any atom is 0.410 e. The molecule has 0 aliphatic carbocycles. The minimum Gasteiger partial charge on any atom is -0.444 e. The van der Waals surface area contributed by atoms with E-state index >= 15 is 0 Å². The maximum atomic E-state index is 11.8. The Balaban J connectivity index is 2.55. The van der Waals surface area contributed by atoms with E-state index in [0.717, 1.165) is 12.8 Å². The van der Waals surface area contributed by atoms with Crippen molar-refractivity contribution < 1.29 is 14.6 Å². The van der Waals surface area contributed by atoms with Gasteiger partial charge in [-0.05, 0) is 39.5 Å². The zero-order chi connectivity index (χ0) is 12.3. The molecule has 0 saturated carbocycles. The second kappa shape index (κ2) is 5.04. The SMILES string of the molecule is CC1CCN(C(=O)OC(C)(C)C)CC(O)C1. The van der Waals surface area contributed by atoms with Gasteiger partial charge in [-0.1, -0.05) is 6.92 Å². The van der Waals surface area contributed by atoms with Crippen LogP contribution in [0.2, 0.25) is 0 Å². The van der Waals surface area contributed by atoms with Crippen molar-refractivity contribution in [1.82, 2.24) is 4.90 Å². The van der Waals surface area contributed by atoms with E-state index in [1.165, 1.54) is 0 Å². The molecule has 1 aliphatic heterocycles. The number of aliphatic hydroxyl groups is 1. The van der Waals surface area contributed by atoms with Gasteiger partial charge in [0, 0.05) is 13.1 Å². The summed E-state index contributed by atoms with van der Waals surface area (Å²) < 4.78 is 5.29. The lowest BCUT2D eigenvalue weighted by Gasteiger charge is -2.27. The second-order valence-electron chi connectivity index (χ2n) is 5.71. The molecule has 2 atom stereocenters. The van der Waals surface area contributed by atoms with E-state index in [9.17, 15) is 9.90 Å². The van der Waals surface area contributed by atoms with E-state index in [-0.39, 0.29) is 6.09 Å². The lowest BCUT2D eigenvalue weighted by molar-refractivity contribution is 0.0173. The molecule has 1 saturated heterocycles. The van der Waals surface area contributed by atoms with Gasteiger partial charge in [-0.15, -0.1) is 0 Å². The van der Waals surface area contributed by atoms with Crippen molar-refractivity contribution in [2.24, 2.45) is 5.92 Å². The van der Waals surface area contributed by atoms with Crippen molar-refractivity contribution in [2.45, 2.75) is 52.2 Å². The van der Waals surface area contributed by atoms with Crippen LogP contribution in [0.4, 0.5) is 4.79 Å². The third kappa shape index (κ3) is 4.39. The molecule has 0 bridgehead atoms.